The maximum atomic E-state index is 6.01. The molecule has 28 heavy (non-hydrogen) atoms. The van der Waals surface area contributed by atoms with Crippen molar-refractivity contribution in [2.75, 3.05) is 18.0 Å². The quantitative estimate of drug-likeness (QED) is 0.560. The number of aromatic nitrogens is 7. The molecule has 1 fully saturated rings. The Bertz CT molecular complexity index is 1120. The van der Waals surface area contributed by atoms with Crippen LogP contribution in [-0.2, 0) is 7.05 Å². The molecule has 1 saturated heterocycles. The van der Waals surface area contributed by atoms with E-state index >= 15 is 0 Å². The fourth-order valence-electron chi connectivity index (χ4n) is 3.58. The van der Waals surface area contributed by atoms with Gasteiger partial charge in [-0.05, 0) is 18.9 Å². The average Bonchev–Trinajstić information content (AvgIpc) is 3.34. The first-order valence-electron chi connectivity index (χ1n) is 9.33. The number of nitrogens with zero attached hydrogens (tertiary/aromatic N) is 7. The largest absolute Gasteiger partial charge is 0.355 e. The smallest absolute Gasteiger partial charge is 0.147 e. The summed E-state index contributed by atoms with van der Waals surface area (Å²) in [7, 11) is 1.89. The summed E-state index contributed by atoms with van der Waals surface area (Å²) < 4.78 is 1.76. The first-order valence-corrected chi connectivity index (χ1v) is 9.33. The number of H-pyrrole nitrogens is 1. The van der Waals surface area contributed by atoms with Gasteiger partial charge in [0, 0.05) is 43.3 Å². The van der Waals surface area contributed by atoms with Gasteiger partial charge in [-0.2, -0.15) is 10.2 Å². The van der Waals surface area contributed by atoms with Gasteiger partial charge in [0.1, 0.15) is 17.2 Å². The van der Waals surface area contributed by atoms with E-state index in [-0.39, 0.29) is 6.04 Å². The van der Waals surface area contributed by atoms with Crippen molar-refractivity contribution in [3.63, 3.8) is 0 Å². The van der Waals surface area contributed by atoms with Crippen molar-refractivity contribution in [2.45, 2.75) is 18.9 Å². The molecule has 0 saturated carbocycles. The van der Waals surface area contributed by atoms with Crippen LogP contribution in [0, 0.1) is 0 Å². The highest BCUT2D eigenvalue weighted by Gasteiger charge is 2.18. The molecule has 0 radical (unpaired) electrons. The Morgan fingerprint density at radius 1 is 1.11 bits per heavy atom. The molecular formula is C19H21N9. The average molecular weight is 375 g/mol. The molecule has 3 N–H and O–H groups in total. The van der Waals surface area contributed by atoms with Crippen molar-refractivity contribution in [2.24, 2.45) is 12.8 Å². The van der Waals surface area contributed by atoms with Crippen molar-refractivity contribution in [3.8, 4) is 22.6 Å². The second-order valence-electron chi connectivity index (χ2n) is 7.18. The van der Waals surface area contributed by atoms with E-state index in [2.05, 4.69) is 30.2 Å². The molecule has 1 aliphatic rings. The fraction of sp³-hybridized carbons (Fsp3) is 0.316. The Hall–Kier alpha value is -3.33. The number of piperidine rings is 1. The normalized spacial score (nSPS) is 15.4. The summed E-state index contributed by atoms with van der Waals surface area (Å²) in [6, 6.07) is 2.28. The van der Waals surface area contributed by atoms with Crippen molar-refractivity contribution in [3.05, 3.63) is 37.1 Å². The summed E-state index contributed by atoms with van der Waals surface area (Å²) >= 11 is 0. The maximum absolute atomic E-state index is 6.01. The first-order chi connectivity index (χ1) is 13.7. The predicted octanol–water partition coefficient (Wildman–Crippen LogP) is 1.74. The van der Waals surface area contributed by atoms with Gasteiger partial charge in [-0.15, -0.1) is 0 Å². The topological polar surface area (TPSA) is 114 Å². The van der Waals surface area contributed by atoms with Gasteiger partial charge in [0.25, 0.3) is 0 Å². The molecule has 1 aliphatic heterocycles. The number of nitrogens with one attached hydrogen (secondary N) is 1. The van der Waals surface area contributed by atoms with Gasteiger partial charge >= 0.3 is 0 Å². The van der Waals surface area contributed by atoms with Crippen LogP contribution in [0.5, 0.6) is 0 Å². The second kappa shape index (κ2) is 6.68. The minimum atomic E-state index is 0.281. The van der Waals surface area contributed by atoms with Crippen molar-refractivity contribution in [1.29, 1.82) is 0 Å². The maximum Gasteiger partial charge on any atom is 0.147 e. The number of anilines is 1. The lowest BCUT2D eigenvalue weighted by atomic mass is 10.1. The number of hydrogen-bond acceptors (Lipinski definition) is 7. The fourth-order valence-corrected chi connectivity index (χ4v) is 3.58. The van der Waals surface area contributed by atoms with E-state index in [1.807, 2.05) is 19.3 Å². The Labute approximate surface area is 161 Å². The van der Waals surface area contributed by atoms with Gasteiger partial charge in [-0.25, -0.2) is 4.98 Å². The summed E-state index contributed by atoms with van der Waals surface area (Å²) in [5, 5.41) is 12.7. The lowest BCUT2D eigenvalue weighted by Gasteiger charge is -2.30. The summed E-state index contributed by atoms with van der Waals surface area (Å²) in [5.74, 6) is 0.867. The molecule has 0 spiro atoms. The lowest BCUT2D eigenvalue weighted by molar-refractivity contribution is 0.498. The van der Waals surface area contributed by atoms with Crippen LogP contribution in [-0.4, -0.2) is 54.1 Å². The zero-order valence-electron chi connectivity index (χ0n) is 15.6. The minimum Gasteiger partial charge on any atom is -0.355 e. The van der Waals surface area contributed by atoms with Gasteiger partial charge in [0.05, 0.1) is 36.0 Å². The monoisotopic (exact) mass is 375 g/mol. The van der Waals surface area contributed by atoms with Crippen LogP contribution in [0.25, 0.3) is 33.5 Å². The number of aromatic amines is 1. The Kier molecular flexibility index (Phi) is 4.01. The highest BCUT2D eigenvalue weighted by Crippen LogP contribution is 2.28. The molecule has 0 amide bonds. The SMILES string of the molecule is Cn1cc(-c2n[nH]c3cnc(-c4cncc(N5CCC(N)CC5)n4)cc23)cn1. The van der Waals surface area contributed by atoms with Crippen LogP contribution < -0.4 is 10.6 Å². The van der Waals surface area contributed by atoms with Crippen molar-refractivity contribution < 1.29 is 0 Å². The zero-order valence-corrected chi connectivity index (χ0v) is 15.6. The second-order valence-corrected chi connectivity index (χ2v) is 7.18. The molecule has 0 unspecified atom stereocenters. The number of nitrogens with two attached hydrogens (primary N) is 1. The van der Waals surface area contributed by atoms with Gasteiger partial charge in [-0.3, -0.25) is 19.7 Å². The molecule has 142 valence electrons. The van der Waals surface area contributed by atoms with E-state index in [1.54, 1.807) is 29.5 Å². The van der Waals surface area contributed by atoms with E-state index in [0.717, 1.165) is 65.3 Å². The van der Waals surface area contributed by atoms with Crippen LogP contribution in [0.2, 0.25) is 0 Å². The molecule has 0 aliphatic carbocycles. The molecule has 0 aromatic carbocycles. The zero-order chi connectivity index (χ0) is 19.1. The van der Waals surface area contributed by atoms with Crippen LogP contribution in [0.3, 0.4) is 0 Å². The molecule has 9 nitrogen and oxygen atoms in total. The van der Waals surface area contributed by atoms with E-state index in [9.17, 15) is 0 Å². The summed E-state index contributed by atoms with van der Waals surface area (Å²) in [5.41, 5.74) is 10.2. The first kappa shape index (κ1) is 16.8. The third-order valence-corrected chi connectivity index (χ3v) is 5.17. The Morgan fingerprint density at radius 2 is 1.96 bits per heavy atom. The molecule has 5 heterocycles. The van der Waals surface area contributed by atoms with Gasteiger partial charge < -0.3 is 10.6 Å². The van der Waals surface area contributed by atoms with E-state index < -0.39 is 0 Å². The number of rotatable bonds is 3. The summed E-state index contributed by atoms with van der Waals surface area (Å²) in [4.78, 5) is 16.0. The highest BCUT2D eigenvalue weighted by molar-refractivity contribution is 5.94. The Balaban J connectivity index is 1.52. The molecule has 5 rings (SSSR count). The number of pyridine rings is 1. The van der Waals surface area contributed by atoms with Gasteiger partial charge in [-0.1, -0.05) is 0 Å². The molecule has 4 aromatic rings. The van der Waals surface area contributed by atoms with E-state index in [1.165, 1.54) is 0 Å². The molecule has 4 aromatic heterocycles. The standard InChI is InChI=1S/C19H21N9/c1-27-11-12(7-23-27)19-14-6-15(22-9-16(14)25-26-19)17-8-21-10-18(24-17)28-4-2-13(20)3-5-28/h6-11,13H,2-5,20H2,1H3,(H,25,26). The molecular weight excluding hydrogens is 354 g/mol. The summed E-state index contributed by atoms with van der Waals surface area (Å²) in [6.45, 7) is 1.80. The molecule has 0 bridgehead atoms. The third kappa shape index (κ3) is 2.99. The molecule has 0 atom stereocenters. The van der Waals surface area contributed by atoms with Crippen LogP contribution in [0.15, 0.2) is 37.1 Å². The minimum absolute atomic E-state index is 0.281. The van der Waals surface area contributed by atoms with E-state index in [0.29, 0.717) is 0 Å². The van der Waals surface area contributed by atoms with Crippen LogP contribution in [0.4, 0.5) is 5.82 Å². The highest BCUT2D eigenvalue weighted by atomic mass is 15.2. The van der Waals surface area contributed by atoms with Crippen molar-refractivity contribution >= 4 is 16.7 Å². The number of aryl methyl sites for hydroxylation is 1. The predicted molar refractivity (Wildman–Crippen MR) is 107 cm³/mol. The van der Waals surface area contributed by atoms with Crippen LogP contribution in [0.1, 0.15) is 12.8 Å². The summed E-state index contributed by atoms with van der Waals surface area (Å²) in [6.07, 6.45) is 11.0. The molecule has 9 heteroatoms. The van der Waals surface area contributed by atoms with E-state index in [4.69, 9.17) is 10.7 Å². The van der Waals surface area contributed by atoms with Gasteiger partial charge in [0.15, 0.2) is 0 Å². The van der Waals surface area contributed by atoms with Crippen LogP contribution >= 0.6 is 0 Å². The van der Waals surface area contributed by atoms with Crippen molar-refractivity contribution in [1.82, 2.24) is 34.9 Å². The number of fused-ring (bicyclic) bond motifs is 1. The number of hydrogen-bond donors (Lipinski definition) is 2. The van der Waals surface area contributed by atoms with Gasteiger partial charge in [0.2, 0.25) is 0 Å². The Morgan fingerprint density at radius 3 is 2.75 bits per heavy atom. The third-order valence-electron chi connectivity index (χ3n) is 5.17. The lowest BCUT2D eigenvalue weighted by Crippen LogP contribution is -2.40.